The molecule has 0 amide bonds. The first-order chi connectivity index (χ1) is 31.7. The number of carbonyl (C=O) groups excluding carboxylic acids is 2. The molecule has 4 aliphatic rings. The number of rotatable bonds is 2. The fraction of sp³-hybridized carbons (Fsp3) is 0.111. The van der Waals surface area contributed by atoms with Crippen molar-refractivity contribution in [2.24, 2.45) is 0 Å². The van der Waals surface area contributed by atoms with Crippen molar-refractivity contribution in [3.8, 4) is 45.2 Å². The number of nitrogens with zero attached hydrogens (tertiary/aromatic N) is 4. The van der Waals surface area contributed by atoms with Crippen LogP contribution in [0.15, 0.2) is 95.1 Å². The molecule has 12 rings (SSSR count). The summed E-state index contributed by atoms with van der Waals surface area (Å²) in [6.07, 6.45) is 3.32. The van der Waals surface area contributed by atoms with Crippen molar-refractivity contribution in [3.05, 3.63) is 161 Å². The summed E-state index contributed by atoms with van der Waals surface area (Å²) in [5.74, 6) is -1.28. The summed E-state index contributed by atoms with van der Waals surface area (Å²) in [5.41, 5.74) is 6.17. The van der Waals surface area contributed by atoms with Crippen LogP contribution in [0.4, 0.5) is 8.78 Å². The molecule has 0 saturated carbocycles. The van der Waals surface area contributed by atoms with Crippen LogP contribution >= 0.6 is 45.3 Å². The third-order valence-electron chi connectivity index (χ3n) is 13.5. The molecule has 12 heteroatoms. The number of carbonyl (C=O) groups is 2. The molecule has 4 aromatic carbocycles. The van der Waals surface area contributed by atoms with Crippen LogP contribution in [-0.4, -0.2) is 11.6 Å². The Bertz CT molecular complexity index is 3760. The molecule has 0 atom stereocenters. The highest BCUT2D eigenvalue weighted by Gasteiger charge is 2.47. The van der Waals surface area contributed by atoms with Crippen molar-refractivity contribution in [2.75, 3.05) is 0 Å². The minimum atomic E-state index is -0.613. The summed E-state index contributed by atoms with van der Waals surface area (Å²) < 4.78 is 37.4. The zero-order valence-electron chi connectivity index (χ0n) is 35.1. The van der Waals surface area contributed by atoms with Crippen molar-refractivity contribution in [1.82, 2.24) is 0 Å². The summed E-state index contributed by atoms with van der Waals surface area (Å²) in [6.45, 7) is 8.39. The van der Waals surface area contributed by atoms with Gasteiger partial charge in [0.15, 0.2) is 11.6 Å². The Hall–Kier alpha value is -7.42. The van der Waals surface area contributed by atoms with Crippen LogP contribution in [0.1, 0.15) is 91.5 Å². The molecule has 66 heavy (non-hydrogen) atoms. The van der Waals surface area contributed by atoms with Gasteiger partial charge in [0.2, 0.25) is 0 Å². The SMILES string of the molecule is CC1(C)c2cc3cc(C=C4C(=O)c5ccccc5C4=C(C#N)C#N)sc3c(F)c2-c2sc3c4c(sc3c21)-c1c(cc2cc(C=C3C(=O)c5ccccc5C3=C(C#N)C#N)sc2c1F)C4(C)C. The van der Waals surface area contributed by atoms with E-state index in [1.807, 2.05) is 48.5 Å². The molecule has 0 N–H and O–H groups in total. The molecule has 0 fully saturated rings. The van der Waals surface area contributed by atoms with E-state index in [0.29, 0.717) is 63.3 Å². The second-order valence-electron chi connectivity index (χ2n) is 17.7. The van der Waals surface area contributed by atoms with Crippen molar-refractivity contribution >= 4 is 110 Å². The monoisotopic (exact) mass is 928 g/mol. The molecule has 0 unspecified atom stereocenters. The van der Waals surface area contributed by atoms with Crippen LogP contribution in [0.2, 0.25) is 0 Å². The fourth-order valence-corrected chi connectivity index (χ4v) is 16.2. The number of benzene rings is 4. The topological polar surface area (TPSA) is 129 Å². The zero-order chi connectivity index (χ0) is 45.9. The summed E-state index contributed by atoms with van der Waals surface area (Å²) in [5, 5.41) is 40.6. The Morgan fingerprint density at radius 2 is 0.894 bits per heavy atom. The average molecular weight is 929 g/mol. The van der Waals surface area contributed by atoms with Crippen LogP contribution < -0.4 is 0 Å². The Kier molecular flexibility index (Phi) is 8.24. The lowest BCUT2D eigenvalue weighted by Gasteiger charge is -2.22. The van der Waals surface area contributed by atoms with Gasteiger partial charge in [0, 0.05) is 74.9 Å². The van der Waals surface area contributed by atoms with Gasteiger partial charge >= 0.3 is 0 Å². The molecule has 0 radical (unpaired) electrons. The lowest BCUT2D eigenvalue weighted by Crippen LogP contribution is -2.16. The first-order valence-electron chi connectivity index (χ1n) is 20.7. The normalized spacial score (nSPS) is 16.9. The van der Waals surface area contributed by atoms with Gasteiger partial charge in [0.1, 0.15) is 47.1 Å². The van der Waals surface area contributed by atoms with E-state index in [9.17, 15) is 30.6 Å². The minimum Gasteiger partial charge on any atom is -0.289 e. The van der Waals surface area contributed by atoms with Gasteiger partial charge in [-0.1, -0.05) is 76.2 Å². The first kappa shape index (κ1) is 40.1. The Morgan fingerprint density at radius 1 is 0.530 bits per heavy atom. The number of thiophene rings is 4. The number of hydrogen-bond donors (Lipinski definition) is 0. The van der Waals surface area contributed by atoms with Crippen LogP contribution in [0.25, 0.3) is 73.8 Å². The van der Waals surface area contributed by atoms with Crippen LogP contribution in [0, 0.1) is 57.0 Å². The van der Waals surface area contributed by atoms with E-state index >= 15 is 8.78 Å². The molecule has 0 bridgehead atoms. The van der Waals surface area contributed by atoms with Gasteiger partial charge in [-0.2, -0.15) is 21.0 Å². The van der Waals surface area contributed by atoms with Crippen molar-refractivity contribution in [1.29, 1.82) is 21.0 Å². The number of hydrogen-bond acceptors (Lipinski definition) is 10. The number of halogens is 2. The molecule has 4 aliphatic carbocycles. The summed E-state index contributed by atoms with van der Waals surface area (Å²) in [7, 11) is 0. The molecule has 8 aromatic rings. The average Bonchev–Trinajstić information content (AvgIpc) is 4.18. The Labute approximate surface area is 391 Å². The quantitative estimate of drug-likeness (QED) is 0.125. The van der Waals surface area contributed by atoms with Crippen molar-refractivity contribution in [3.63, 3.8) is 0 Å². The van der Waals surface area contributed by atoms with Crippen LogP contribution in [-0.2, 0) is 10.8 Å². The zero-order valence-corrected chi connectivity index (χ0v) is 38.3. The molecular formula is C54H26F2N4O2S4. The van der Waals surface area contributed by atoms with E-state index in [2.05, 4.69) is 27.7 Å². The van der Waals surface area contributed by atoms with Gasteiger partial charge in [-0.05, 0) is 80.6 Å². The summed E-state index contributed by atoms with van der Waals surface area (Å²) in [4.78, 5) is 30.3. The fourth-order valence-electron chi connectivity index (χ4n) is 10.6. The van der Waals surface area contributed by atoms with Gasteiger partial charge in [0.05, 0.1) is 18.8 Å². The molecule has 0 saturated heterocycles. The highest BCUT2D eigenvalue weighted by Crippen LogP contribution is 2.65. The number of allylic oxidation sites excluding steroid dienone is 6. The standard InChI is InChI=1S/C54H26F2N4O2S4/c1-53(2)35-15-23-13-27(17-33-37(25(19-57)20-58)29-9-5-7-11-31(29)45(33)61)63-47(23)43(55)39(35)49-41(53)51-52(65-49)42-50(66-51)40-36(54(42,3)4)16-24-14-28(64-48(24)44(40)56)18-34-38(26(21-59)22-60)30-10-6-8-12-32(30)46(34)62/h5-18H,1-4H3. The lowest BCUT2D eigenvalue weighted by atomic mass is 9.81. The summed E-state index contributed by atoms with van der Waals surface area (Å²) in [6, 6.07) is 29.4. The molecule has 6 nitrogen and oxygen atoms in total. The number of Topliss-reactive ketones (excluding diaryl/α,β-unsaturated/α-hetero) is 2. The Balaban J connectivity index is 0.969. The van der Waals surface area contributed by atoms with E-state index < -0.39 is 10.8 Å². The minimum absolute atomic E-state index is 0.160. The molecule has 4 aromatic heterocycles. The van der Waals surface area contributed by atoms with Crippen molar-refractivity contribution < 1.29 is 18.4 Å². The van der Waals surface area contributed by atoms with E-state index in [4.69, 9.17) is 0 Å². The second-order valence-corrected chi connectivity index (χ2v) is 21.9. The molecule has 0 spiro atoms. The highest BCUT2D eigenvalue weighted by atomic mass is 32.1. The smallest absolute Gasteiger partial charge is 0.194 e. The third kappa shape index (κ3) is 5.02. The number of ketones is 2. The molecule has 0 aliphatic heterocycles. The number of fused-ring (bicyclic) bond motifs is 13. The predicted molar refractivity (Wildman–Crippen MR) is 259 cm³/mol. The third-order valence-corrected chi connectivity index (χ3v) is 18.3. The van der Waals surface area contributed by atoms with Gasteiger partial charge in [-0.25, -0.2) is 8.78 Å². The predicted octanol–water partition coefficient (Wildman–Crippen LogP) is 14.4. The second kappa shape index (κ2) is 13.6. The van der Waals surface area contributed by atoms with Gasteiger partial charge < -0.3 is 0 Å². The van der Waals surface area contributed by atoms with E-state index in [1.54, 1.807) is 83.4 Å². The van der Waals surface area contributed by atoms with Gasteiger partial charge in [0.25, 0.3) is 0 Å². The Morgan fingerprint density at radius 3 is 1.26 bits per heavy atom. The van der Waals surface area contributed by atoms with E-state index in [-0.39, 0.29) is 56.6 Å². The van der Waals surface area contributed by atoms with E-state index in [0.717, 1.165) is 41.4 Å². The van der Waals surface area contributed by atoms with Crippen LogP contribution in [0.3, 0.4) is 0 Å². The number of nitriles is 4. The maximum absolute atomic E-state index is 17.3. The highest BCUT2D eigenvalue weighted by molar-refractivity contribution is 7.32. The van der Waals surface area contributed by atoms with Crippen molar-refractivity contribution in [2.45, 2.75) is 38.5 Å². The lowest BCUT2D eigenvalue weighted by molar-refractivity contribution is 0.103. The molecule has 4 heterocycles. The largest absolute Gasteiger partial charge is 0.289 e. The maximum atomic E-state index is 17.3. The molecule has 312 valence electrons. The first-order valence-corrected chi connectivity index (χ1v) is 23.9. The van der Waals surface area contributed by atoms with Gasteiger partial charge in [-0.15, -0.1) is 45.3 Å². The van der Waals surface area contributed by atoms with Crippen LogP contribution in [0.5, 0.6) is 0 Å². The van der Waals surface area contributed by atoms with E-state index in [1.165, 1.54) is 22.7 Å². The summed E-state index contributed by atoms with van der Waals surface area (Å²) >= 11 is 5.54. The molecular weight excluding hydrogens is 903 g/mol. The maximum Gasteiger partial charge on any atom is 0.194 e. The van der Waals surface area contributed by atoms with Gasteiger partial charge in [-0.3, -0.25) is 9.59 Å².